The number of piperidine rings is 1. The van der Waals surface area contributed by atoms with Crippen LogP contribution in [0.5, 0.6) is 0 Å². The molecule has 2 saturated heterocycles. The molecule has 0 radical (unpaired) electrons. The molecule has 3 aromatic rings. The van der Waals surface area contributed by atoms with Gasteiger partial charge >= 0.3 is 0 Å². The molecule has 0 bridgehead atoms. The Labute approximate surface area is 216 Å². The van der Waals surface area contributed by atoms with Gasteiger partial charge in [0.2, 0.25) is 0 Å². The largest absolute Gasteiger partial charge is 0.299 e. The van der Waals surface area contributed by atoms with Gasteiger partial charge in [0.1, 0.15) is 0 Å². The molecule has 2 fully saturated rings. The van der Waals surface area contributed by atoms with Gasteiger partial charge in [-0.3, -0.25) is 24.7 Å². The van der Waals surface area contributed by atoms with E-state index in [-0.39, 0.29) is 0 Å². The molecule has 1 aromatic carbocycles. The first-order valence-electron chi connectivity index (χ1n) is 13.4. The summed E-state index contributed by atoms with van der Waals surface area (Å²) >= 11 is 0. The lowest BCUT2D eigenvalue weighted by Crippen LogP contribution is -2.52. The second-order valence-electron chi connectivity index (χ2n) is 10.3. The van der Waals surface area contributed by atoms with Crippen LogP contribution in [0.25, 0.3) is 10.9 Å². The van der Waals surface area contributed by atoms with E-state index in [9.17, 15) is 0 Å². The quantitative estimate of drug-likeness (QED) is 0.503. The number of pyridine rings is 1. The van der Waals surface area contributed by atoms with Gasteiger partial charge in [0.15, 0.2) is 0 Å². The van der Waals surface area contributed by atoms with E-state index in [0.29, 0.717) is 0 Å². The molecule has 5 heteroatoms. The molecule has 2 aliphatic rings. The van der Waals surface area contributed by atoms with Crippen LogP contribution >= 0.6 is 0 Å². The van der Waals surface area contributed by atoms with Crippen LogP contribution in [0.4, 0.5) is 0 Å². The Bertz CT molecular complexity index is 1200. The molecule has 0 N–H and O–H groups in total. The minimum Gasteiger partial charge on any atom is -0.299 e. The summed E-state index contributed by atoms with van der Waals surface area (Å²) in [4.78, 5) is 17.0. The van der Waals surface area contributed by atoms with Crippen LogP contribution in [-0.2, 0) is 13.1 Å². The Hall–Kier alpha value is -2.86. The number of para-hydroxylation sites is 1. The molecule has 2 aromatic heterocycles. The Balaban J connectivity index is 1.12. The molecule has 0 atom stereocenters. The predicted octanol–water partition coefficient (Wildman–Crippen LogP) is 5.15. The molecule has 36 heavy (non-hydrogen) atoms. The molecule has 0 spiro atoms. The van der Waals surface area contributed by atoms with Gasteiger partial charge in [0.05, 0.1) is 5.52 Å². The molecule has 0 aliphatic carbocycles. The lowest BCUT2D eigenvalue weighted by molar-refractivity contribution is 0.0551. The zero-order chi connectivity index (χ0) is 24.7. The summed E-state index contributed by atoms with van der Waals surface area (Å²) in [6.07, 6.45) is 6.44. The average Bonchev–Trinajstić information content (AvgIpc) is 2.91. The molecule has 0 unspecified atom stereocenters. The Morgan fingerprint density at radius 2 is 1.31 bits per heavy atom. The smallest absolute Gasteiger partial charge is 0.0705 e. The molecule has 4 heterocycles. The van der Waals surface area contributed by atoms with Crippen LogP contribution < -0.4 is 0 Å². The molecular formula is C31H39N5. The van der Waals surface area contributed by atoms with E-state index in [1.54, 1.807) is 0 Å². The van der Waals surface area contributed by atoms with E-state index in [2.05, 4.69) is 86.2 Å². The fraction of sp³-hybridized carbons (Fsp3) is 0.419. The summed E-state index contributed by atoms with van der Waals surface area (Å²) in [6, 6.07) is 22.1. The third kappa shape index (κ3) is 6.28. The summed E-state index contributed by atoms with van der Waals surface area (Å²) < 4.78 is 0. The maximum absolute atomic E-state index is 4.53. The Morgan fingerprint density at radius 1 is 0.667 bits per heavy atom. The number of benzene rings is 1. The number of hydrogen-bond acceptors (Lipinski definition) is 5. The minimum absolute atomic E-state index is 0.720. The third-order valence-electron chi connectivity index (χ3n) is 7.86. The summed E-state index contributed by atoms with van der Waals surface area (Å²) in [5.41, 5.74) is 6.22. The number of aryl methyl sites for hydroxylation is 2. The third-order valence-corrected chi connectivity index (χ3v) is 7.86. The maximum atomic E-state index is 4.53. The number of aromatic nitrogens is 2. The normalized spacial score (nSPS) is 18.3. The predicted molar refractivity (Wildman–Crippen MR) is 148 cm³/mol. The number of likely N-dealkylation sites (tertiary alicyclic amines) is 1. The molecule has 0 amide bonds. The molecule has 2 aliphatic heterocycles. The van der Waals surface area contributed by atoms with Crippen molar-refractivity contribution in [3.63, 3.8) is 0 Å². The van der Waals surface area contributed by atoms with Gasteiger partial charge in [-0.15, -0.1) is 0 Å². The van der Waals surface area contributed by atoms with Crippen molar-refractivity contribution in [3.8, 4) is 0 Å². The first-order chi connectivity index (χ1) is 17.7. The van der Waals surface area contributed by atoms with Gasteiger partial charge in [0, 0.05) is 68.8 Å². The van der Waals surface area contributed by atoms with Crippen molar-refractivity contribution in [2.75, 3.05) is 39.3 Å². The topological polar surface area (TPSA) is 35.5 Å². The van der Waals surface area contributed by atoms with Crippen LogP contribution in [-0.4, -0.2) is 70.0 Å². The molecule has 5 rings (SSSR count). The fourth-order valence-electron chi connectivity index (χ4n) is 5.60. The van der Waals surface area contributed by atoms with Gasteiger partial charge in [-0.05, 0) is 80.7 Å². The van der Waals surface area contributed by atoms with E-state index in [4.69, 9.17) is 0 Å². The van der Waals surface area contributed by atoms with Gasteiger partial charge in [-0.25, -0.2) is 0 Å². The van der Waals surface area contributed by atoms with E-state index in [0.717, 1.165) is 43.4 Å². The summed E-state index contributed by atoms with van der Waals surface area (Å²) in [5, 5.41) is 1.29. The first kappa shape index (κ1) is 24.8. The van der Waals surface area contributed by atoms with E-state index in [1.807, 2.05) is 25.4 Å². The molecular weight excluding hydrogens is 442 g/mol. The zero-order valence-corrected chi connectivity index (χ0v) is 21.8. The van der Waals surface area contributed by atoms with Gasteiger partial charge in [0.25, 0.3) is 0 Å². The van der Waals surface area contributed by atoms with Crippen molar-refractivity contribution in [2.24, 2.45) is 0 Å². The lowest BCUT2D eigenvalue weighted by Gasteiger charge is -2.43. The van der Waals surface area contributed by atoms with Gasteiger partial charge < -0.3 is 0 Å². The van der Waals surface area contributed by atoms with Crippen molar-refractivity contribution in [2.45, 2.75) is 45.8 Å². The van der Waals surface area contributed by atoms with Crippen LogP contribution in [0.15, 0.2) is 73.1 Å². The second kappa shape index (κ2) is 11.9. The Morgan fingerprint density at radius 3 is 2.14 bits per heavy atom. The first-order valence-corrected chi connectivity index (χ1v) is 13.4. The zero-order valence-electron chi connectivity index (χ0n) is 21.8. The van der Waals surface area contributed by atoms with Crippen LogP contribution in [0.3, 0.4) is 0 Å². The highest BCUT2D eigenvalue weighted by molar-refractivity contribution is 5.81. The minimum atomic E-state index is 0.720. The fourth-order valence-corrected chi connectivity index (χ4v) is 5.60. The Kier molecular flexibility index (Phi) is 8.22. The van der Waals surface area contributed by atoms with E-state index < -0.39 is 0 Å². The van der Waals surface area contributed by atoms with E-state index >= 15 is 0 Å². The number of nitrogens with zero attached hydrogens (tertiary/aromatic N) is 5. The molecule has 188 valence electrons. The van der Waals surface area contributed by atoms with Crippen molar-refractivity contribution in [1.29, 1.82) is 0 Å². The van der Waals surface area contributed by atoms with Crippen LogP contribution in [0, 0.1) is 13.8 Å². The number of hydrogen-bond donors (Lipinski definition) is 0. The van der Waals surface area contributed by atoms with Crippen LogP contribution in [0.1, 0.15) is 35.2 Å². The molecule has 0 saturated carbocycles. The van der Waals surface area contributed by atoms with Crippen molar-refractivity contribution >= 4 is 10.9 Å². The standard InChI is InChI=1S/C31H39N5/c1-25-7-3-4-8-26(2)32-15-11-27(25)23-34-17-13-29(14-18-34)36-21-19-35(20-22-36)24-28-12-16-33-31-10-6-5-9-30(28)31/h3-12,15-16,29H,13-14,17-24H2,1-2H3. The van der Waals surface area contributed by atoms with Crippen molar-refractivity contribution < 1.29 is 0 Å². The molecule has 5 nitrogen and oxygen atoms in total. The number of piperazine rings is 1. The SMILES string of the molecule is Cc1ccccc(C)c(CN2CCC(N3CCN(Cc4ccnc5ccccc45)CC3)CC2)ccn1. The van der Waals surface area contributed by atoms with Crippen molar-refractivity contribution in [3.05, 3.63) is 95.4 Å². The highest BCUT2D eigenvalue weighted by atomic mass is 15.3. The highest BCUT2D eigenvalue weighted by Gasteiger charge is 2.27. The van der Waals surface area contributed by atoms with Gasteiger partial charge in [-0.2, -0.15) is 0 Å². The summed E-state index contributed by atoms with van der Waals surface area (Å²) in [7, 11) is 0. The monoisotopic (exact) mass is 481 g/mol. The second-order valence-corrected chi connectivity index (χ2v) is 10.3. The highest BCUT2D eigenvalue weighted by Crippen LogP contribution is 2.22. The maximum Gasteiger partial charge on any atom is 0.0705 e. The average molecular weight is 482 g/mol. The van der Waals surface area contributed by atoms with Gasteiger partial charge in [-0.1, -0.05) is 36.4 Å². The summed E-state index contributed by atoms with van der Waals surface area (Å²) in [5.74, 6) is 0. The van der Waals surface area contributed by atoms with Crippen LogP contribution in [0.2, 0.25) is 0 Å². The van der Waals surface area contributed by atoms with Crippen molar-refractivity contribution in [1.82, 2.24) is 24.7 Å². The lowest BCUT2D eigenvalue weighted by atomic mass is 10.0. The number of rotatable bonds is 5. The number of fused-ring (bicyclic) bond motifs is 1. The summed E-state index contributed by atoms with van der Waals surface area (Å²) in [6.45, 7) is 13.3. The van der Waals surface area contributed by atoms with E-state index in [1.165, 1.54) is 61.1 Å².